The van der Waals surface area contributed by atoms with Crippen LogP contribution in [0.15, 0.2) is 42.5 Å². The predicted octanol–water partition coefficient (Wildman–Crippen LogP) is 2.78. The van der Waals surface area contributed by atoms with Gasteiger partial charge >= 0.3 is 0 Å². The number of hydrogen-bond acceptors (Lipinski definition) is 1. The molecular weight excluding hydrogens is 326 g/mol. The molecule has 0 bridgehead atoms. The van der Waals surface area contributed by atoms with Crippen molar-refractivity contribution in [3.05, 3.63) is 64.2 Å². The number of hydrogen-bond donors (Lipinski definition) is 3. The summed E-state index contributed by atoms with van der Waals surface area (Å²) in [6.07, 6.45) is 0. The van der Waals surface area contributed by atoms with E-state index in [0.29, 0.717) is 11.7 Å². The van der Waals surface area contributed by atoms with Crippen LogP contribution in [-0.4, -0.2) is 19.2 Å². The largest absolute Gasteiger partial charge is 0.358 e. The molecule has 0 heterocycles. The highest BCUT2D eigenvalue weighted by Crippen LogP contribution is 2.19. The molecule has 23 heavy (non-hydrogen) atoms. The Morgan fingerprint density at radius 3 is 2.35 bits per heavy atom. The first kappa shape index (κ1) is 17.7. The van der Waals surface area contributed by atoms with Crippen LogP contribution in [0.4, 0.5) is 5.69 Å². The number of anilines is 1. The van der Waals surface area contributed by atoms with Crippen molar-refractivity contribution in [1.29, 1.82) is 0 Å². The highest BCUT2D eigenvalue weighted by atomic mass is 35.5. The molecule has 0 amide bonds. The second kappa shape index (κ2) is 8.29. The van der Waals surface area contributed by atoms with E-state index in [1.165, 1.54) is 16.0 Å². The van der Waals surface area contributed by atoms with Crippen LogP contribution in [0.1, 0.15) is 16.7 Å². The average molecular weight is 349 g/mol. The summed E-state index contributed by atoms with van der Waals surface area (Å²) in [5.41, 5.74) is 4.48. The van der Waals surface area contributed by atoms with Crippen LogP contribution in [0, 0.1) is 6.92 Å². The van der Waals surface area contributed by atoms with Gasteiger partial charge in [0.15, 0.2) is 5.11 Å². The van der Waals surface area contributed by atoms with Crippen LogP contribution in [0.5, 0.6) is 0 Å². The van der Waals surface area contributed by atoms with Crippen molar-refractivity contribution >= 4 is 34.6 Å². The number of halogens is 1. The second-order valence-electron chi connectivity index (χ2n) is 5.97. The molecule has 0 aliphatic carbocycles. The van der Waals surface area contributed by atoms with Crippen LogP contribution in [0.2, 0.25) is 5.02 Å². The van der Waals surface area contributed by atoms with Crippen molar-refractivity contribution in [3.63, 3.8) is 0 Å². The summed E-state index contributed by atoms with van der Waals surface area (Å²) in [7, 11) is 4.30. The van der Waals surface area contributed by atoms with E-state index in [1.54, 1.807) is 0 Å². The standard InChI is InChI=1S/C18H22ClN3S/c1-13-4-9-16(10-17(13)19)21-18(23)20-11-14-5-7-15(8-6-14)12-22(2)3/h4-10H,11-12H2,1-3H3,(H2,20,21,23)/p+1. The molecule has 0 unspecified atom stereocenters. The lowest BCUT2D eigenvalue weighted by molar-refractivity contribution is -0.872. The van der Waals surface area contributed by atoms with Crippen LogP contribution < -0.4 is 15.5 Å². The Morgan fingerprint density at radius 2 is 1.74 bits per heavy atom. The van der Waals surface area contributed by atoms with Gasteiger partial charge < -0.3 is 15.5 Å². The van der Waals surface area contributed by atoms with E-state index < -0.39 is 0 Å². The summed E-state index contributed by atoms with van der Waals surface area (Å²) in [5, 5.41) is 7.69. The zero-order valence-corrected chi connectivity index (χ0v) is 15.3. The maximum absolute atomic E-state index is 6.12. The third-order valence-corrected chi connectivity index (χ3v) is 4.12. The Balaban J connectivity index is 1.85. The second-order valence-corrected chi connectivity index (χ2v) is 6.79. The molecule has 3 N–H and O–H groups in total. The van der Waals surface area contributed by atoms with Crippen molar-refractivity contribution in [2.24, 2.45) is 0 Å². The molecule has 0 spiro atoms. The van der Waals surface area contributed by atoms with Gasteiger partial charge in [0.05, 0.1) is 14.1 Å². The minimum atomic E-state index is 0.590. The van der Waals surface area contributed by atoms with Crippen LogP contribution in [0.3, 0.4) is 0 Å². The van der Waals surface area contributed by atoms with E-state index >= 15 is 0 Å². The number of thiocarbonyl (C=S) groups is 1. The van der Waals surface area contributed by atoms with E-state index in [1.807, 2.05) is 25.1 Å². The molecule has 0 atom stereocenters. The Hall–Kier alpha value is -1.62. The van der Waals surface area contributed by atoms with Gasteiger partial charge in [0, 0.05) is 22.8 Å². The molecule has 2 rings (SSSR count). The maximum atomic E-state index is 6.12. The molecule has 0 saturated heterocycles. The van der Waals surface area contributed by atoms with E-state index in [9.17, 15) is 0 Å². The SMILES string of the molecule is Cc1ccc(NC(=S)NCc2ccc(C[NH+](C)C)cc2)cc1Cl. The van der Waals surface area contributed by atoms with Crippen LogP contribution in [-0.2, 0) is 13.1 Å². The molecule has 0 aliphatic heterocycles. The molecular formula is C18H23ClN3S+. The molecule has 5 heteroatoms. The van der Waals surface area contributed by atoms with E-state index in [2.05, 4.69) is 49.0 Å². The van der Waals surface area contributed by atoms with Gasteiger partial charge in [-0.25, -0.2) is 0 Å². The molecule has 2 aromatic carbocycles. The molecule has 0 fully saturated rings. The third-order valence-electron chi connectivity index (χ3n) is 3.46. The fourth-order valence-corrected chi connectivity index (χ4v) is 2.58. The predicted molar refractivity (Wildman–Crippen MR) is 102 cm³/mol. The normalized spacial score (nSPS) is 10.7. The minimum Gasteiger partial charge on any atom is -0.358 e. The van der Waals surface area contributed by atoms with Crippen molar-refractivity contribution in [2.45, 2.75) is 20.0 Å². The van der Waals surface area contributed by atoms with Gasteiger partial charge in [-0.3, -0.25) is 0 Å². The molecule has 0 saturated carbocycles. The minimum absolute atomic E-state index is 0.590. The van der Waals surface area contributed by atoms with Gasteiger partial charge in [0.2, 0.25) is 0 Å². The average Bonchev–Trinajstić information content (AvgIpc) is 2.50. The molecule has 122 valence electrons. The maximum Gasteiger partial charge on any atom is 0.171 e. The number of aryl methyl sites for hydroxylation is 1. The van der Waals surface area contributed by atoms with Crippen LogP contribution in [0.25, 0.3) is 0 Å². The fraction of sp³-hybridized carbons (Fsp3) is 0.278. The summed E-state index contributed by atoms with van der Waals surface area (Å²) in [5.74, 6) is 0. The van der Waals surface area contributed by atoms with Crippen molar-refractivity contribution < 1.29 is 4.90 Å². The molecule has 2 aromatic rings. The zero-order chi connectivity index (χ0) is 16.8. The van der Waals surface area contributed by atoms with Crippen molar-refractivity contribution in [1.82, 2.24) is 5.32 Å². The van der Waals surface area contributed by atoms with Gasteiger partial charge in [-0.05, 0) is 42.4 Å². The highest BCUT2D eigenvalue weighted by molar-refractivity contribution is 7.80. The van der Waals surface area contributed by atoms with Crippen LogP contribution >= 0.6 is 23.8 Å². The highest BCUT2D eigenvalue weighted by Gasteiger charge is 2.02. The summed E-state index contributed by atoms with van der Waals surface area (Å²) >= 11 is 11.4. The number of nitrogens with one attached hydrogen (secondary N) is 3. The fourth-order valence-electron chi connectivity index (χ4n) is 2.21. The van der Waals surface area contributed by atoms with Gasteiger partial charge in [-0.15, -0.1) is 0 Å². The van der Waals surface area contributed by atoms with E-state index in [-0.39, 0.29) is 0 Å². The topological polar surface area (TPSA) is 28.5 Å². The lowest BCUT2D eigenvalue weighted by Crippen LogP contribution is -3.04. The quantitative estimate of drug-likeness (QED) is 0.726. The zero-order valence-electron chi connectivity index (χ0n) is 13.7. The van der Waals surface area contributed by atoms with Crippen molar-refractivity contribution in [2.75, 3.05) is 19.4 Å². The summed E-state index contributed by atoms with van der Waals surface area (Å²) in [6.45, 7) is 3.70. The third kappa shape index (κ3) is 5.82. The first-order valence-corrected chi connectivity index (χ1v) is 8.40. The number of benzene rings is 2. The Bertz CT molecular complexity index is 668. The number of quaternary nitrogens is 1. The Kier molecular flexibility index (Phi) is 6.39. The first-order chi connectivity index (χ1) is 10.9. The Morgan fingerprint density at radius 1 is 1.09 bits per heavy atom. The van der Waals surface area contributed by atoms with Gasteiger partial charge in [-0.2, -0.15) is 0 Å². The first-order valence-electron chi connectivity index (χ1n) is 7.62. The van der Waals surface area contributed by atoms with Gasteiger partial charge in [0.1, 0.15) is 6.54 Å². The number of rotatable bonds is 5. The smallest absolute Gasteiger partial charge is 0.171 e. The monoisotopic (exact) mass is 348 g/mol. The summed E-state index contributed by atoms with van der Waals surface area (Å²) in [6, 6.07) is 14.4. The van der Waals surface area contributed by atoms with E-state index in [0.717, 1.165) is 22.8 Å². The Labute approximate surface area is 148 Å². The molecule has 0 aromatic heterocycles. The summed E-state index contributed by atoms with van der Waals surface area (Å²) in [4.78, 5) is 1.41. The van der Waals surface area contributed by atoms with E-state index in [4.69, 9.17) is 23.8 Å². The molecule has 3 nitrogen and oxygen atoms in total. The summed E-state index contributed by atoms with van der Waals surface area (Å²) < 4.78 is 0. The van der Waals surface area contributed by atoms with Gasteiger partial charge in [-0.1, -0.05) is 41.9 Å². The molecule has 0 radical (unpaired) electrons. The molecule has 0 aliphatic rings. The van der Waals surface area contributed by atoms with Crippen molar-refractivity contribution in [3.8, 4) is 0 Å². The lowest BCUT2D eigenvalue weighted by atomic mass is 10.1. The van der Waals surface area contributed by atoms with Gasteiger partial charge in [0.25, 0.3) is 0 Å². The lowest BCUT2D eigenvalue weighted by Gasteiger charge is -2.12.